The van der Waals surface area contributed by atoms with E-state index in [1.54, 1.807) is 24.3 Å². The molecule has 0 aliphatic heterocycles. The predicted molar refractivity (Wildman–Crippen MR) is 110 cm³/mol. The van der Waals surface area contributed by atoms with E-state index in [0.717, 1.165) is 5.56 Å². The number of aromatic amines is 1. The van der Waals surface area contributed by atoms with Crippen LogP contribution in [-0.4, -0.2) is 16.8 Å². The van der Waals surface area contributed by atoms with Crippen LogP contribution in [0.4, 0.5) is 5.69 Å². The maximum atomic E-state index is 12.5. The Bertz CT molecular complexity index is 1070. The molecule has 0 saturated heterocycles. The van der Waals surface area contributed by atoms with Crippen LogP contribution in [0.5, 0.6) is 0 Å². The molecule has 0 aliphatic rings. The average Bonchev–Trinajstić information content (AvgIpc) is 2.66. The molecule has 0 aliphatic carbocycles. The van der Waals surface area contributed by atoms with Crippen LogP contribution in [0.2, 0.25) is 0 Å². The predicted octanol–water partition coefficient (Wildman–Crippen LogP) is 3.44. The lowest BCUT2D eigenvalue weighted by molar-refractivity contribution is -0.116. The molecule has 28 heavy (non-hydrogen) atoms. The van der Waals surface area contributed by atoms with Crippen LogP contribution in [0.3, 0.4) is 0 Å². The minimum absolute atomic E-state index is 0.0427. The highest BCUT2D eigenvalue weighted by Crippen LogP contribution is 2.13. The quantitative estimate of drug-likeness (QED) is 0.614. The van der Waals surface area contributed by atoms with Crippen LogP contribution < -0.4 is 16.1 Å². The number of fused-ring (bicyclic) bond motifs is 1. The van der Waals surface area contributed by atoms with E-state index in [9.17, 15) is 14.4 Å². The first kappa shape index (κ1) is 19.4. The van der Waals surface area contributed by atoms with Crippen LogP contribution in [0.15, 0.2) is 59.5 Å². The van der Waals surface area contributed by atoms with Crippen molar-refractivity contribution in [2.45, 2.75) is 26.8 Å². The second-order valence-corrected chi connectivity index (χ2v) is 7.11. The fourth-order valence-corrected chi connectivity index (χ4v) is 2.96. The molecule has 0 unspecified atom stereocenters. The Morgan fingerprint density at radius 2 is 1.86 bits per heavy atom. The number of pyridine rings is 1. The molecule has 6 nitrogen and oxygen atoms in total. The van der Waals surface area contributed by atoms with Crippen molar-refractivity contribution in [2.75, 3.05) is 5.32 Å². The van der Waals surface area contributed by atoms with Crippen molar-refractivity contribution in [1.82, 2.24) is 10.3 Å². The van der Waals surface area contributed by atoms with E-state index < -0.39 is 5.91 Å². The summed E-state index contributed by atoms with van der Waals surface area (Å²) in [6, 6.07) is 14.3. The van der Waals surface area contributed by atoms with Gasteiger partial charge in [-0.3, -0.25) is 14.4 Å². The zero-order valence-electron chi connectivity index (χ0n) is 15.9. The monoisotopic (exact) mass is 377 g/mol. The van der Waals surface area contributed by atoms with Gasteiger partial charge in [-0.15, -0.1) is 0 Å². The van der Waals surface area contributed by atoms with Gasteiger partial charge in [-0.25, -0.2) is 0 Å². The molecule has 2 amide bonds. The molecule has 6 heteroatoms. The Kier molecular flexibility index (Phi) is 5.89. The Balaban J connectivity index is 1.68. The fraction of sp³-hybridized carbons (Fsp3) is 0.227. The Labute approximate surface area is 163 Å². The van der Waals surface area contributed by atoms with Crippen molar-refractivity contribution in [2.24, 2.45) is 5.92 Å². The van der Waals surface area contributed by atoms with E-state index in [1.165, 1.54) is 6.20 Å². The number of benzene rings is 2. The molecule has 3 N–H and O–H groups in total. The highest BCUT2D eigenvalue weighted by atomic mass is 16.2. The summed E-state index contributed by atoms with van der Waals surface area (Å²) in [5.41, 5.74) is 1.96. The Morgan fingerprint density at radius 1 is 1.07 bits per heavy atom. The number of rotatable bonds is 6. The SMILES string of the molecule is CC(C)CC(=O)Nc1cccc(CNC(=O)c2c[nH]c3ccccc3c2=O)c1. The summed E-state index contributed by atoms with van der Waals surface area (Å²) in [7, 11) is 0. The maximum Gasteiger partial charge on any atom is 0.257 e. The van der Waals surface area contributed by atoms with Gasteiger partial charge >= 0.3 is 0 Å². The highest BCUT2D eigenvalue weighted by molar-refractivity contribution is 5.97. The Hall–Kier alpha value is -3.41. The second kappa shape index (κ2) is 8.52. The number of para-hydroxylation sites is 1. The number of anilines is 1. The topological polar surface area (TPSA) is 91.1 Å². The zero-order valence-corrected chi connectivity index (χ0v) is 15.9. The highest BCUT2D eigenvalue weighted by Gasteiger charge is 2.13. The normalized spacial score (nSPS) is 10.8. The van der Waals surface area contributed by atoms with Crippen molar-refractivity contribution in [3.8, 4) is 0 Å². The lowest BCUT2D eigenvalue weighted by Gasteiger charge is -2.10. The number of hydrogen-bond donors (Lipinski definition) is 3. The molecule has 3 rings (SSSR count). The third-order valence-electron chi connectivity index (χ3n) is 4.29. The van der Waals surface area contributed by atoms with Gasteiger partial charge in [-0.05, 0) is 35.7 Å². The molecule has 0 fully saturated rings. The third kappa shape index (κ3) is 4.65. The molecule has 0 saturated carbocycles. The van der Waals surface area contributed by atoms with E-state index in [2.05, 4.69) is 15.6 Å². The van der Waals surface area contributed by atoms with E-state index in [-0.39, 0.29) is 29.4 Å². The smallest absolute Gasteiger partial charge is 0.257 e. The Morgan fingerprint density at radius 3 is 2.64 bits per heavy atom. The summed E-state index contributed by atoms with van der Waals surface area (Å²) in [6.45, 7) is 4.22. The molecule has 3 aromatic rings. The third-order valence-corrected chi connectivity index (χ3v) is 4.29. The van der Waals surface area contributed by atoms with Crippen molar-refractivity contribution in [3.05, 3.63) is 76.1 Å². The van der Waals surface area contributed by atoms with Gasteiger partial charge in [0, 0.05) is 35.8 Å². The molecule has 0 atom stereocenters. The summed E-state index contributed by atoms with van der Waals surface area (Å²) in [4.78, 5) is 39.9. The van der Waals surface area contributed by atoms with Gasteiger partial charge in [0.25, 0.3) is 5.91 Å². The van der Waals surface area contributed by atoms with Crippen LogP contribution in [0, 0.1) is 5.92 Å². The van der Waals surface area contributed by atoms with Crippen LogP contribution in [0.1, 0.15) is 36.2 Å². The standard InChI is InChI=1S/C22H23N3O3/c1-14(2)10-20(26)25-16-7-5-6-15(11-16)12-24-22(28)18-13-23-19-9-4-3-8-17(19)21(18)27/h3-9,11,13-14H,10,12H2,1-2H3,(H,23,27)(H,24,28)(H,25,26). The van der Waals surface area contributed by atoms with Gasteiger partial charge in [0.2, 0.25) is 11.3 Å². The van der Waals surface area contributed by atoms with Crippen molar-refractivity contribution < 1.29 is 9.59 Å². The van der Waals surface area contributed by atoms with E-state index in [0.29, 0.717) is 23.0 Å². The zero-order chi connectivity index (χ0) is 20.1. The average molecular weight is 377 g/mol. The number of aromatic nitrogens is 1. The molecular formula is C22H23N3O3. The molecule has 0 radical (unpaired) electrons. The van der Waals surface area contributed by atoms with Gasteiger partial charge in [0.1, 0.15) is 5.56 Å². The minimum Gasteiger partial charge on any atom is -0.360 e. The van der Waals surface area contributed by atoms with Gasteiger partial charge in [-0.1, -0.05) is 38.1 Å². The van der Waals surface area contributed by atoms with Crippen molar-refractivity contribution in [1.29, 1.82) is 0 Å². The first-order valence-electron chi connectivity index (χ1n) is 9.21. The number of H-pyrrole nitrogens is 1. The second-order valence-electron chi connectivity index (χ2n) is 7.11. The largest absolute Gasteiger partial charge is 0.360 e. The van der Waals surface area contributed by atoms with Crippen molar-refractivity contribution >= 4 is 28.4 Å². The first-order valence-corrected chi connectivity index (χ1v) is 9.21. The van der Waals surface area contributed by atoms with Crippen molar-refractivity contribution in [3.63, 3.8) is 0 Å². The molecule has 144 valence electrons. The lowest BCUT2D eigenvalue weighted by atomic mass is 10.1. The number of amides is 2. The molecule has 0 spiro atoms. The van der Waals surface area contributed by atoms with Gasteiger partial charge in [0.05, 0.1) is 0 Å². The number of hydrogen-bond acceptors (Lipinski definition) is 3. The van der Waals surface area contributed by atoms with Gasteiger partial charge in [0.15, 0.2) is 0 Å². The summed E-state index contributed by atoms with van der Waals surface area (Å²) < 4.78 is 0. The molecule has 1 aromatic heterocycles. The van der Waals surface area contributed by atoms with E-state index in [1.807, 2.05) is 38.1 Å². The maximum absolute atomic E-state index is 12.5. The molecule has 0 bridgehead atoms. The molecule has 1 heterocycles. The van der Waals surface area contributed by atoms with E-state index in [4.69, 9.17) is 0 Å². The molecule has 2 aromatic carbocycles. The van der Waals surface area contributed by atoms with Crippen LogP contribution in [-0.2, 0) is 11.3 Å². The number of carbonyl (C=O) groups is 2. The summed E-state index contributed by atoms with van der Waals surface area (Å²) in [6.07, 6.45) is 1.88. The van der Waals surface area contributed by atoms with Gasteiger partial charge in [-0.2, -0.15) is 0 Å². The first-order chi connectivity index (χ1) is 13.4. The minimum atomic E-state index is -0.443. The molecular weight excluding hydrogens is 354 g/mol. The van der Waals surface area contributed by atoms with E-state index >= 15 is 0 Å². The summed E-state index contributed by atoms with van der Waals surface area (Å²) >= 11 is 0. The lowest BCUT2D eigenvalue weighted by Crippen LogP contribution is -2.28. The van der Waals surface area contributed by atoms with Crippen LogP contribution in [0.25, 0.3) is 10.9 Å². The summed E-state index contributed by atoms with van der Waals surface area (Å²) in [5.74, 6) is -0.206. The number of nitrogens with one attached hydrogen (secondary N) is 3. The summed E-state index contributed by atoms with van der Waals surface area (Å²) in [5, 5.41) is 6.09. The van der Waals surface area contributed by atoms with Gasteiger partial charge < -0.3 is 15.6 Å². The van der Waals surface area contributed by atoms with Crippen LogP contribution >= 0.6 is 0 Å². The fourth-order valence-electron chi connectivity index (χ4n) is 2.96. The number of carbonyl (C=O) groups excluding carboxylic acids is 2.